The summed E-state index contributed by atoms with van der Waals surface area (Å²) in [6, 6.07) is 8.83. The second-order valence-electron chi connectivity index (χ2n) is 4.04. The number of aromatic nitrogens is 2. The van der Waals surface area contributed by atoms with Crippen molar-refractivity contribution < 1.29 is 14.3 Å². The number of rotatable bonds is 6. The Kier molecular flexibility index (Phi) is 4.30. The van der Waals surface area contributed by atoms with Gasteiger partial charge in [0, 0.05) is 20.4 Å². The lowest BCUT2D eigenvalue weighted by atomic mass is 10.1. The van der Waals surface area contributed by atoms with Crippen molar-refractivity contribution in [1.29, 1.82) is 0 Å². The molecule has 0 aliphatic carbocycles. The highest BCUT2D eigenvalue weighted by Gasteiger charge is 2.16. The second-order valence-corrected chi connectivity index (χ2v) is 4.04. The maximum absolute atomic E-state index is 12.3. The smallest absolute Gasteiger partial charge is 0.216 e. The van der Waals surface area contributed by atoms with E-state index in [9.17, 15) is 4.79 Å². The van der Waals surface area contributed by atoms with Gasteiger partial charge in [0.25, 0.3) is 0 Å². The molecule has 0 aliphatic heterocycles. The van der Waals surface area contributed by atoms with E-state index in [-0.39, 0.29) is 5.78 Å². The predicted molar refractivity (Wildman–Crippen MR) is 70.5 cm³/mol. The zero-order chi connectivity index (χ0) is 13.7. The van der Waals surface area contributed by atoms with E-state index in [2.05, 4.69) is 5.10 Å². The van der Waals surface area contributed by atoms with Gasteiger partial charge in [-0.1, -0.05) is 12.1 Å². The summed E-state index contributed by atoms with van der Waals surface area (Å²) in [6.07, 6.45) is 1.74. The molecule has 0 unspecified atom stereocenters. The number of hydrogen-bond acceptors (Lipinski definition) is 4. The van der Waals surface area contributed by atoms with E-state index < -0.39 is 0 Å². The second kappa shape index (κ2) is 6.15. The fourth-order valence-corrected chi connectivity index (χ4v) is 1.69. The largest absolute Gasteiger partial charge is 0.490 e. The van der Waals surface area contributed by atoms with Crippen molar-refractivity contribution in [2.45, 2.75) is 0 Å². The molecule has 1 aromatic heterocycles. The molecular formula is C14H16N2O3. The Morgan fingerprint density at radius 2 is 2.05 bits per heavy atom. The summed E-state index contributed by atoms with van der Waals surface area (Å²) < 4.78 is 12.1. The molecule has 1 heterocycles. The molecule has 5 heteroatoms. The maximum Gasteiger partial charge on any atom is 0.216 e. The average Bonchev–Trinajstić information content (AvgIpc) is 2.85. The molecule has 0 bridgehead atoms. The van der Waals surface area contributed by atoms with Gasteiger partial charge in [-0.3, -0.25) is 9.48 Å². The van der Waals surface area contributed by atoms with Crippen LogP contribution in [0, 0.1) is 0 Å². The molecule has 0 spiro atoms. The monoisotopic (exact) mass is 260 g/mol. The van der Waals surface area contributed by atoms with Gasteiger partial charge in [0.1, 0.15) is 18.1 Å². The Balaban J connectivity index is 2.21. The number of methoxy groups -OCH3 is 1. The number of ether oxygens (including phenoxy) is 2. The first kappa shape index (κ1) is 13.3. The molecule has 0 aliphatic rings. The normalized spacial score (nSPS) is 10.4. The van der Waals surface area contributed by atoms with Gasteiger partial charge in [-0.15, -0.1) is 0 Å². The van der Waals surface area contributed by atoms with Crippen LogP contribution in [-0.2, 0) is 11.8 Å². The summed E-state index contributed by atoms with van der Waals surface area (Å²) >= 11 is 0. The van der Waals surface area contributed by atoms with E-state index in [1.54, 1.807) is 49.3 Å². The van der Waals surface area contributed by atoms with Gasteiger partial charge in [-0.05, 0) is 18.2 Å². The average molecular weight is 260 g/mol. The fraction of sp³-hybridized carbons (Fsp3) is 0.286. The van der Waals surface area contributed by atoms with E-state index >= 15 is 0 Å². The van der Waals surface area contributed by atoms with E-state index in [0.29, 0.717) is 30.2 Å². The third kappa shape index (κ3) is 3.20. The quantitative estimate of drug-likeness (QED) is 0.585. The van der Waals surface area contributed by atoms with E-state index in [0.717, 1.165) is 0 Å². The fourth-order valence-electron chi connectivity index (χ4n) is 1.69. The molecular weight excluding hydrogens is 244 g/mol. The molecule has 19 heavy (non-hydrogen) atoms. The lowest BCUT2D eigenvalue weighted by Crippen LogP contribution is -2.09. The number of ketones is 1. The van der Waals surface area contributed by atoms with Crippen molar-refractivity contribution in [2.75, 3.05) is 20.3 Å². The molecule has 2 aromatic rings. The van der Waals surface area contributed by atoms with Crippen LogP contribution in [0.4, 0.5) is 0 Å². The Bertz CT molecular complexity index is 563. The molecule has 0 amide bonds. The summed E-state index contributed by atoms with van der Waals surface area (Å²) in [5.74, 6) is 0.406. The maximum atomic E-state index is 12.3. The van der Waals surface area contributed by atoms with Gasteiger partial charge in [-0.25, -0.2) is 0 Å². The van der Waals surface area contributed by atoms with E-state index in [1.165, 1.54) is 0 Å². The summed E-state index contributed by atoms with van der Waals surface area (Å²) in [7, 11) is 3.38. The number of hydrogen-bond donors (Lipinski definition) is 0. The SMILES string of the molecule is COCCOc1ccccc1C(=O)c1ccn(C)n1. The van der Waals surface area contributed by atoms with Gasteiger partial charge in [0.05, 0.1) is 12.2 Å². The molecule has 0 saturated heterocycles. The summed E-state index contributed by atoms with van der Waals surface area (Å²) in [4.78, 5) is 12.3. The lowest BCUT2D eigenvalue weighted by molar-refractivity contribution is 0.102. The van der Waals surface area contributed by atoms with Gasteiger partial charge in [-0.2, -0.15) is 5.10 Å². The zero-order valence-electron chi connectivity index (χ0n) is 11.0. The van der Waals surface area contributed by atoms with Crippen LogP contribution >= 0.6 is 0 Å². The number of aryl methyl sites for hydroxylation is 1. The van der Waals surface area contributed by atoms with Crippen molar-refractivity contribution in [3.8, 4) is 5.75 Å². The highest BCUT2D eigenvalue weighted by atomic mass is 16.5. The molecule has 2 rings (SSSR count). The first-order valence-electron chi connectivity index (χ1n) is 5.97. The molecule has 0 radical (unpaired) electrons. The zero-order valence-corrected chi connectivity index (χ0v) is 11.0. The standard InChI is InChI=1S/C14H16N2O3/c1-16-8-7-12(15-16)14(17)11-5-3-4-6-13(11)19-10-9-18-2/h3-8H,9-10H2,1-2H3. The van der Waals surface area contributed by atoms with Crippen LogP contribution in [0.5, 0.6) is 5.75 Å². The number of carbonyl (C=O) groups is 1. The molecule has 0 N–H and O–H groups in total. The molecule has 0 fully saturated rings. The van der Waals surface area contributed by atoms with Crippen LogP contribution in [0.15, 0.2) is 36.5 Å². The number of nitrogens with zero attached hydrogens (tertiary/aromatic N) is 2. The van der Waals surface area contributed by atoms with E-state index in [4.69, 9.17) is 9.47 Å². The van der Waals surface area contributed by atoms with Crippen LogP contribution in [0.25, 0.3) is 0 Å². The Morgan fingerprint density at radius 3 is 2.74 bits per heavy atom. The Labute approximate surface area is 111 Å². The van der Waals surface area contributed by atoms with Crippen molar-refractivity contribution >= 4 is 5.78 Å². The van der Waals surface area contributed by atoms with Crippen LogP contribution in [-0.4, -0.2) is 35.9 Å². The Hall–Kier alpha value is -2.14. The summed E-state index contributed by atoms with van der Waals surface area (Å²) in [6.45, 7) is 0.884. The van der Waals surface area contributed by atoms with Crippen molar-refractivity contribution in [2.24, 2.45) is 7.05 Å². The first-order chi connectivity index (χ1) is 9.22. The van der Waals surface area contributed by atoms with Crippen molar-refractivity contribution in [3.05, 3.63) is 47.8 Å². The number of carbonyl (C=O) groups excluding carboxylic acids is 1. The summed E-state index contributed by atoms with van der Waals surface area (Å²) in [5.41, 5.74) is 0.919. The minimum absolute atomic E-state index is 0.145. The number of para-hydroxylation sites is 1. The van der Waals surface area contributed by atoms with Crippen LogP contribution in [0.2, 0.25) is 0 Å². The van der Waals surface area contributed by atoms with Gasteiger partial charge >= 0.3 is 0 Å². The van der Waals surface area contributed by atoms with Gasteiger partial charge in [0.2, 0.25) is 5.78 Å². The Morgan fingerprint density at radius 1 is 1.26 bits per heavy atom. The molecule has 1 aromatic carbocycles. The predicted octanol–water partition coefficient (Wildman–Crippen LogP) is 1.68. The highest BCUT2D eigenvalue weighted by molar-refractivity contribution is 6.09. The van der Waals surface area contributed by atoms with Gasteiger partial charge < -0.3 is 9.47 Å². The minimum atomic E-state index is -0.145. The third-order valence-corrected chi connectivity index (χ3v) is 2.62. The first-order valence-corrected chi connectivity index (χ1v) is 5.97. The molecule has 100 valence electrons. The van der Waals surface area contributed by atoms with Crippen molar-refractivity contribution in [1.82, 2.24) is 9.78 Å². The molecule has 0 saturated carbocycles. The number of benzene rings is 1. The molecule has 5 nitrogen and oxygen atoms in total. The van der Waals surface area contributed by atoms with Crippen LogP contribution in [0.3, 0.4) is 0 Å². The molecule has 0 atom stereocenters. The minimum Gasteiger partial charge on any atom is -0.490 e. The topological polar surface area (TPSA) is 53.4 Å². The van der Waals surface area contributed by atoms with Crippen LogP contribution < -0.4 is 4.74 Å². The highest BCUT2D eigenvalue weighted by Crippen LogP contribution is 2.20. The van der Waals surface area contributed by atoms with Crippen LogP contribution in [0.1, 0.15) is 16.1 Å². The third-order valence-electron chi connectivity index (χ3n) is 2.62. The van der Waals surface area contributed by atoms with Crippen molar-refractivity contribution in [3.63, 3.8) is 0 Å². The summed E-state index contributed by atoms with van der Waals surface area (Å²) in [5, 5.41) is 4.11. The van der Waals surface area contributed by atoms with E-state index in [1.807, 2.05) is 6.07 Å². The van der Waals surface area contributed by atoms with Gasteiger partial charge in [0.15, 0.2) is 0 Å². The lowest BCUT2D eigenvalue weighted by Gasteiger charge is -2.09.